The molecule has 2 saturated heterocycles. The van der Waals surface area contributed by atoms with Crippen LogP contribution in [0.1, 0.15) is 52.9 Å². The molecule has 0 aromatic heterocycles. The van der Waals surface area contributed by atoms with E-state index >= 15 is 0 Å². The summed E-state index contributed by atoms with van der Waals surface area (Å²) in [5.41, 5.74) is -0.532. The van der Waals surface area contributed by atoms with Crippen molar-refractivity contribution in [3.8, 4) is 0 Å². The van der Waals surface area contributed by atoms with Gasteiger partial charge in [0.05, 0.1) is 0 Å². The Morgan fingerprint density at radius 1 is 1.22 bits per heavy atom. The molecular weight excluding hydrogens is 294 g/mol. The monoisotopic (exact) mass is 325 g/mol. The van der Waals surface area contributed by atoms with Gasteiger partial charge in [-0.1, -0.05) is 0 Å². The maximum Gasteiger partial charge on any atom is 0.410 e. The van der Waals surface area contributed by atoms with Crippen LogP contribution in [0, 0.1) is 5.92 Å². The van der Waals surface area contributed by atoms with Crippen molar-refractivity contribution in [2.45, 2.75) is 64.5 Å². The fourth-order valence-corrected chi connectivity index (χ4v) is 3.27. The molecule has 2 N–H and O–H groups in total. The number of likely N-dealkylation sites (tertiary alicyclic amines) is 1. The van der Waals surface area contributed by atoms with Crippen molar-refractivity contribution in [3.05, 3.63) is 0 Å². The minimum absolute atomic E-state index is 0.0395. The Kier molecular flexibility index (Phi) is 6.27. The number of hydrogen-bond acceptors (Lipinski definition) is 4. The summed E-state index contributed by atoms with van der Waals surface area (Å²) in [7, 11) is 0. The minimum Gasteiger partial charge on any atom is -0.444 e. The first-order valence-corrected chi connectivity index (χ1v) is 8.85. The van der Waals surface area contributed by atoms with Crippen LogP contribution in [0.3, 0.4) is 0 Å². The third-order valence-electron chi connectivity index (χ3n) is 4.49. The van der Waals surface area contributed by atoms with Crippen LogP contribution in [0.2, 0.25) is 0 Å². The lowest BCUT2D eigenvalue weighted by Gasteiger charge is -2.28. The second-order valence-electron chi connectivity index (χ2n) is 7.60. The van der Waals surface area contributed by atoms with E-state index in [-0.39, 0.29) is 18.0 Å². The summed E-state index contributed by atoms with van der Waals surface area (Å²) in [6.07, 6.45) is 4.58. The normalized spacial score (nSPS) is 22.9. The molecule has 0 bridgehead atoms. The van der Waals surface area contributed by atoms with Crippen molar-refractivity contribution in [1.82, 2.24) is 15.5 Å². The molecule has 6 nitrogen and oxygen atoms in total. The molecule has 2 amide bonds. The van der Waals surface area contributed by atoms with Gasteiger partial charge in [0.15, 0.2) is 0 Å². The highest BCUT2D eigenvalue weighted by atomic mass is 16.6. The first-order valence-electron chi connectivity index (χ1n) is 8.85. The first-order chi connectivity index (χ1) is 10.9. The van der Waals surface area contributed by atoms with E-state index < -0.39 is 5.60 Å². The molecule has 2 aliphatic rings. The number of ether oxygens (including phenoxy) is 1. The van der Waals surface area contributed by atoms with Gasteiger partial charge < -0.3 is 15.4 Å². The van der Waals surface area contributed by atoms with Gasteiger partial charge in [0.25, 0.3) is 0 Å². The first kappa shape index (κ1) is 18.0. The zero-order valence-corrected chi connectivity index (χ0v) is 14.7. The van der Waals surface area contributed by atoms with Gasteiger partial charge in [0.1, 0.15) is 11.6 Å². The summed E-state index contributed by atoms with van der Waals surface area (Å²) in [6, 6.07) is -0.377. The Bertz CT molecular complexity index is 414. The zero-order chi connectivity index (χ0) is 16.9. The quantitative estimate of drug-likeness (QED) is 0.828. The number of rotatable bonds is 4. The van der Waals surface area contributed by atoms with Crippen LogP contribution >= 0.6 is 0 Å². The van der Waals surface area contributed by atoms with Gasteiger partial charge in [0, 0.05) is 13.1 Å². The van der Waals surface area contributed by atoms with Crippen LogP contribution in [0.25, 0.3) is 0 Å². The van der Waals surface area contributed by atoms with E-state index in [1.165, 1.54) is 12.8 Å². The number of carbonyl (C=O) groups excluding carboxylic acids is 2. The van der Waals surface area contributed by atoms with E-state index in [1.807, 2.05) is 20.8 Å². The molecule has 0 spiro atoms. The molecule has 0 saturated carbocycles. The Hall–Kier alpha value is -1.30. The van der Waals surface area contributed by atoms with Crippen molar-refractivity contribution in [1.29, 1.82) is 0 Å². The molecule has 0 aromatic carbocycles. The zero-order valence-electron chi connectivity index (χ0n) is 14.7. The lowest BCUT2D eigenvalue weighted by atomic mass is 9.95. The van der Waals surface area contributed by atoms with Crippen molar-refractivity contribution >= 4 is 12.0 Å². The lowest BCUT2D eigenvalue weighted by Crippen LogP contribution is -2.47. The van der Waals surface area contributed by atoms with Crippen LogP contribution in [-0.4, -0.2) is 54.7 Å². The highest BCUT2D eigenvalue weighted by Gasteiger charge is 2.36. The van der Waals surface area contributed by atoms with E-state index in [2.05, 4.69) is 10.6 Å². The van der Waals surface area contributed by atoms with Crippen molar-refractivity contribution in [2.24, 2.45) is 5.92 Å². The molecule has 1 unspecified atom stereocenters. The summed E-state index contributed by atoms with van der Waals surface area (Å²) >= 11 is 0. The fourth-order valence-electron chi connectivity index (χ4n) is 3.27. The van der Waals surface area contributed by atoms with Crippen molar-refractivity contribution in [3.63, 3.8) is 0 Å². The van der Waals surface area contributed by atoms with Gasteiger partial charge in [-0.2, -0.15) is 0 Å². The maximum atomic E-state index is 12.4. The molecule has 6 heteroatoms. The van der Waals surface area contributed by atoms with Crippen molar-refractivity contribution < 1.29 is 14.3 Å². The summed E-state index contributed by atoms with van der Waals surface area (Å²) in [6.45, 7) is 8.98. The Morgan fingerprint density at radius 2 is 1.91 bits per heavy atom. The third-order valence-corrected chi connectivity index (χ3v) is 4.49. The lowest BCUT2D eigenvalue weighted by molar-refractivity contribution is -0.125. The summed E-state index contributed by atoms with van der Waals surface area (Å²) in [5.74, 6) is 0.657. The minimum atomic E-state index is -0.532. The van der Waals surface area contributed by atoms with Crippen LogP contribution < -0.4 is 10.6 Å². The molecule has 2 fully saturated rings. The number of nitrogens with one attached hydrogen (secondary N) is 2. The van der Waals surface area contributed by atoms with Gasteiger partial charge in [-0.05, 0) is 71.9 Å². The number of nitrogens with zero attached hydrogens (tertiary/aromatic N) is 1. The average molecular weight is 325 g/mol. The molecule has 23 heavy (non-hydrogen) atoms. The molecular formula is C17H31N3O3. The van der Waals surface area contributed by atoms with E-state index in [9.17, 15) is 9.59 Å². The van der Waals surface area contributed by atoms with Crippen LogP contribution in [0.5, 0.6) is 0 Å². The van der Waals surface area contributed by atoms with Gasteiger partial charge in [-0.25, -0.2) is 4.79 Å². The summed E-state index contributed by atoms with van der Waals surface area (Å²) in [4.78, 5) is 26.2. The van der Waals surface area contributed by atoms with Gasteiger partial charge in [-0.3, -0.25) is 9.69 Å². The van der Waals surface area contributed by atoms with Crippen LogP contribution in [-0.2, 0) is 9.53 Å². The maximum absolute atomic E-state index is 12.4. The van der Waals surface area contributed by atoms with E-state index in [0.717, 1.165) is 32.4 Å². The number of hydrogen-bond donors (Lipinski definition) is 2. The van der Waals surface area contributed by atoms with E-state index in [1.54, 1.807) is 4.90 Å². The average Bonchev–Trinajstić information content (AvgIpc) is 2.96. The van der Waals surface area contributed by atoms with E-state index in [0.29, 0.717) is 19.0 Å². The highest BCUT2D eigenvalue weighted by molar-refractivity contribution is 5.86. The standard InChI is InChI=1S/C17H31N3O3/c1-17(2,3)23-16(22)20-12-4-5-14(20)15(21)19-11-8-13-6-9-18-10-7-13/h13-14,18H,4-12H2,1-3H3,(H,19,21). The Morgan fingerprint density at radius 3 is 2.57 bits per heavy atom. The number of piperidine rings is 1. The predicted octanol–water partition coefficient (Wildman–Crippen LogP) is 1.89. The van der Waals surface area contributed by atoms with Gasteiger partial charge in [0.2, 0.25) is 5.91 Å². The molecule has 0 aliphatic carbocycles. The topological polar surface area (TPSA) is 70.7 Å². The van der Waals surface area contributed by atoms with E-state index in [4.69, 9.17) is 4.74 Å². The summed E-state index contributed by atoms with van der Waals surface area (Å²) in [5, 5.41) is 6.36. The molecule has 1 atom stereocenters. The van der Waals surface area contributed by atoms with Crippen molar-refractivity contribution in [2.75, 3.05) is 26.2 Å². The largest absolute Gasteiger partial charge is 0.444 e. The second kappa shape index (κ2) is 7.99. The fraction of sp³-hybridized carbons (Fsp3) is 0.882. The second-order valence-corrected chi connectivity index (χ2v) is 7.60. The Labute approximate surface area is 139 Å². The predicted molar refractivity (Wildman–Crippen MR) is 89.2 cm³/mol. The SMILES string of the molecule is CC(C)(C)OC(=O)N1CCCC1C(=O)NCCC1CCNCC1. The molecule has 132 valence electrons. The van der Waals surface area contributed by atoms with Crippen LogP contribution in [0.15, 0.2) is 0 Å². The highest BCUT2D eigenvalue weighted by Crippen LogP contribution is 2.21. The van der Waals surface area contributed by atoms with Gasteiger partial charge >= 0.3 is 6.09 Å². The molecule has 0 radical (unpaired) electrons. The molecule has 2 aliphatic heterocycles. The Balaban J connectivity index is 1.77. The third kappa shape index (κ3) is 5.68. The van der Waals surface area contributed by atoms with Crippen LogP contribution in [0.4, 0.5) is 4.79 Å². The van der Waals surface area contributed by atoms with Gasteiger partial charge in [-0.15, -0.1) is 0 Å². The number of amides is 2. The smallest absolute Gasteiger partial charge is 0.410 e. The summed E-state index contributed by atoms with van der Waals surface area (Å²) < 4.78 is 5.40. The molecule has 0 aromatic rings. The molecule has 2 rings (SSSR count). The number of carbonyl (C=O) groups is 2. The molecule has 2 heterocycles.